The molecule has 7 heteroatoms. The lowest BCUT2D eigenvalue weighted by atomic mass is 10.0. The molecule has 0 aliphatic heterocycles. The molecular weight excluding hydrogens is 390 g/mol. The van der Waals surface area contributed by atoms with Crippen molar-refractivity contribution in [2.45, 2.75) is 18.9 Å². The number of amides is 2. The van der Waals surface area contributed by atoms with E-state index in [1.54, 1.807) is 0 Å². The average molecular weight is 413 g/mol. The summed E-state index contributed by atoms with van der Waals surface area (Å²) in [6.45, 7) is 0.240. The monoisotopic (exact) mass is 413 g/mol. The molecule has 0 aliphatic carbocycles. The first-order chi connectivity index (χ1) is 15.1. The van der Waals surface area contributed by atoms with Crippen LogP contribution < -0.4 is 10.6 Å². The third-order valence-corrected chi connectivity index (χ3v) is 5.44. The second-order valence-corrected chi connectivity index (χ2v) is 7.44. The van der Waals surface area contributed by atoms with Crippen LogP contribution in [0.1, 0.15) is 22.5 Å². The van der Waals surface area contributed by atoms with E-state index < -0.39 is 6.04 Å². The standard InChI is InChI=1S/C24H23N5O2/c1-29-21-10-5-2-7-16(21)14-22(29)24(31)28-20(23(30)26-12-6-11-25)13-17-15-27-19-9-4-3-8-18(17)19/h2-5,7-10,14-15,20,27H,6,12-13H2,1H3,(H,26,30)(H,28,31). The maximum Gasteiger partial charge on any atom is 0.268 e. The molecule has 2 aromatic heterocycles. The highest BCUT2D eigenvalue weighted by Crippen LogP contribution is 2.21. The number of nitrogens with zero attached hydrogens (tertiary/aromatic N) is 2. The number of aryl methyl sites for hydroxylation is 1. The van der Waals surface area contributed by atoms with Gasteiger partial charge in [0.05, 0.1) is 12.5 Å². The molecular formula is C24H23N5O2. The van der Waals surface area contributed by atoms with Crippen LogP contribution in [-0.2, 0) is 18.3 Å². The molecule has 3 N–H and O–H groups in total. The number of hydrogen-bond acceptors (Lipinski definition) is 3. The van der Waals surface area contributed by atoms with E-state index >= 15 is 0 Å². The van der Waals surface area contributed by atoms with Gasteiger partial charge in [0.2, 0.25) is 5.91 Å². The highest BCUT2D eigenvalue weighted by molar-refractivity contribution is 6.01. The molecule has 2 heterocycles. The lowest BCUT2D eigenvalue weighted by Gasteiger charge is -2.18. The molecule has 4 rings (SSSR count). The maximum atomic E-state index is 13.1. The van der Waals surface area contributed by atoms with Gasteiger partial charge in [0.15, 0.2) is 0 Å². The summed E-state index contributed by atoms with van der Waals surface area (Å²) >= 11 is 0. The summed E-state index contributed by atoms with van der Waals surface area (Å²) in [6, 6.07) is 18.6. The molecule has 0 radical (unpaired) electrons. The zero-order valence-corrected chi connectivity index (χ0v) is 17.2. The highest BCUT2D eigenvalue weighted by Gasteiger charge is 2.24. The number of nitrogens with one attached hydrogen (secondary N) is 3. The van der Waals surface area contributed by atoms with Crippen LogP contribution in [-0.4, -0.2) is 34.0 Å². The number of benzene rings is 2. The fourth-order valence-corrected chi connectivity index (χ4v) is 3.83. The van der Waals surface area contributed by atoms with E-state index in [2.05, 4.69) is 15.6 Å². The minimum Gasteiger partial charge on any atom is -0.361 e. The van der Waals surface area contributed by atoms with Crippen molar-refractivity contribution in [1.29, 1.82) is 5.26 Å². The average Bonchev–Trinajstić information content (AvgIpc) is 3.35. The van der Waals surface area contributed by atoms with Gasteiger partial charge in [-0.25, -0.2) is 0 Å². The smallest absolute Gasteiger partial charge is 0.268 e. The maximum absolute atomic E-state index is 13.1. The first-order valence-corrected chi connectivity index (χ1v) is 10.1. The van der Waals surface area contributed by atoms with E-state index in [0.29, 0.717) is 12.1 Å². The first kappa shape index (κ1) is 20.2. The Morgan fingerprint density at radius 1 is 1.16 bits per heavy atom. The van der Waals surface area contributed by atoms with E-state index in [9.17, 15) is 9.59 Å². The summed E-state index contributed by atoms with van der Waals surface area (Å²) in [6.07, 6.45) is 2.41. The van der Waals surface area contributed by atoms with E-state index in [4.69, 9.17) is 5.26 Å². The Bertz CT molecular complexity index is 1290. The molecule has 0 aliphatic rings. The molecule has 2 aromatic carbocycles. The van der Waals surface area contributed by atoms with Gasteiger partial charge in [-0.2, -0.15) is 5.26 Å². The van der Waals surface area contributed by atoms with Crippen LogP contribution in [0.4, 0.5) is 0 Å². The fourth-order valence-electron chi connectivity index (χ4n) is 3.83. The third-order valence-electron chi connectivity index (χ3n) is 5.44. The van der Waals surface area contributed by atoms with Gasteiger partial charge in [-0.15, -0.1) is 0 Å². The molecule has 0 saturated heterocycles. The number of hydrogen-bond donors (Lipinski definition) is 3. The number of para-hydroxylation sites is 2. The summed E-state index contributed by atoms with van der Waals surface area (Å²) < 4.78 is 1.82. The number of aromatic nitrogens is 2. The molecule has 156 valence electrons. The second-order valence-electron chi connectivity index (χ2n) is 7.44. The minimum absolute atomic E-state index is 0.211. The zero-order chi connectivity index (χ0) is 21.8. The Hall–Kier alpha value is -4.05. The Balaban J connectivity index is 1.60. The van der Waals surface area contributed by atoms with Crippen LogP contribution in [0.3, 0.4) is 0 Å². The number of rotatable bonds is 7. The topological polar surface area (TPSA) is 103 Å². The lowest BCUT2D eigenvalue weighted by Crippen LogP contribution is -2.48. The summed E-state index contributed by atoms with van der Waals surface area (Å²) in [4.78, 5) is 29.2. The highest BCUT2D eigenvalue weighted by atomic mass is 16.2. The fraction of sp³-hybridized carbons (Fsp3) is 0.208. The minimum atomic E-state index is -0.775. The van der Waals surface area contributed by atoms with Crippen molar-refractivity contribution in [3.63, 3.8) is 0 Å². The Morgan fingerprint density at radius 3 is 2.74 bits per heavy atom. The van der Waals surface area contributed by atoms with Crippen molar-refractivity contribution >= 4 is 33.6 Å². The number of aromatic amines is 1. The largest absolute Gasteiger partial charge is 0.361 e. The molecule has 0 saturated carbocycles. The lowest BCUT2D eigenvalue weighted by molar-refractivity contribution is -0.122. The molecule has 31 heavy (non-hydrogen) atoms. The zero-order valence-electron chi connectivity index (χ0n) is 17.2. The quantitative estimate of drug-likeness (QED) is 0.406. The number of nitriles is 1. The second kappa shape index (κ2) is 8.76. The molecule has 0 fully saturated rings. The Labute approximate surface area is 179 Å². The van der Waals surface area contributed by atoms with Gasteiger partial charge in [0.1, 0.15) is 11.7 Å². The SMILES string of the molecule is Cn1c(C(=O)NC(Cc2c[nH]c3ccccc23)C(=O)NCCC#N)cc2ccccc21. The molecule has 2 amide bonds. The van der Waals surface area contributed by atoms with Gasteiger partial charge in [-0.3, -0.25) is 9.59 Å². The van der Waals surface area contributed by atoms with E-state index in [1.165, 1.54) is 0 Å². The third kappa shape index (κ3) is 4.14. The number of carbonyl (C=O) groups excluding carboxylic acids is 2. The van der Waals surface area contributed by atoms with Crippen LogP contribution in [0, 0.1) is 11.3 Å². The van der Waals surface area contributed by atoms with Crippen LogP contribution in [0.15, 0.2) is 60.8 Å². The van der Waals surface area contributed by atoms with E-state index in [-0.39, 0.29) is 24.8 Å². The molecule has 0 bridgehead atoms. The molecule has 4 aromatic rings. The van der Waals surface area contributed by atoms with Crippen molar-refractivity contribution in [2.24, 2.45) is 7.05 Å². The van der Waals surface area contributed by atoms with Gasteiger partial charge >= 0.3 is 0 Å². The van der Waals surface area contributed by atoms with Gasteiger partial charge in [0, 0.05) is 48.0 Å². The van der Waals surface area contributed by atoms with Crippen molar-refractivity contribution < 1.29 is 9.59 Å². The molecule has 0 spiro atoms. The number of H-pyrrole nitrogens is 1. The predicted octanol–water partition coefficient (Wildman–Crippen LogP) is 3.03. The normalized spacial score (nSPS) is 11.9. The Morgan fingerprint density at radius 2 is 1.94 bits per heavy atom. The van der Waals surface area contributed by atoms with Gasteiger partial charge in [-0.1, -0.05) is 36.4 Å². The van der Waals surface area contributed by atoms with E-state index in [0.717, 1.165) is 27.4 Å². The summed E-state index contributed by atoms with van der Waals surface area (Å²) in [5, 5.41) is 16.4. The van der Waals surface area contributed by atoms with Gasteiger partial charge in [-0.05, 0) is 23.8 Å². The van der Waals surface area contributed by atoms with E-state index in [1.807, 2.05) is 78.5 Å². The Kier molecular flexibility index (Phi) is 5.72. The first-order valence-electron chi connectivity index (χ1n) is 10.1. The van der Waals surface area contributed by atoms with Crippen LogP contribution in [0.25, 0.3) is 21.8 Å². The number of fused-ring (bicyclic) bond motifs is 2. The van der Waals surface area contributed by atoms with Crippen LogP contribution >= 0.6 is 0 Å². The predicted molar refractivity (Wildman–Crippen MR) is 119 cm³/mol. The molecule has 1 unspecified atom stereocenters. The van der Waals surface area contributed by atoms with Crippen molar-refractivity contribution in [1.82, 2.24) is 20.2 Å². The van der Waals surface area contributed by atoms with Crippen molar-refractivity contribution in [3.8, 4) is 6.07 Å². The molecule has 1 atom stereocenters. The van der Waals surface area contributed by atoms with Gasteiger partial charge in [0.25, 0.3) is 5.91 Å². The summed E-state index contributed by atoms with van der Waals surface area (Å²) in [7, 11) is 1.83. The summed E-state index contributed by atoms with van der Waals surface area (Å²) in [5.41, 5.74) is 3.34. The van der Waals surface area contributed by atoms with Gasteiger partial charge < -0.3 is 20.2 Å². The summed E-state index contributed by atoms with van der Waals surface area (Å²) in [5.74, 6) is -0.633. The van der Waals surface area contributed by atoms with Crippen LogP contribution in [0.5, 0.6) is 0 Å². The molecule has 7 nitrogen and oxygen atoms in total. The number of carbonyl (C=O) groups is 2. The van der Waals surface area contributed by atoms with Crippen LogP contribution in [0.2, 0.25) is 0 Å². The van der Waals surface area contributed by atoms with Crippen molar-refractivity contribution in [3.05, 3.63) is 72.1 Å². The van der Waals surface area contributed by atoms with Crippen molar-refractivity contribution in [2.75, 3.05) is 6.54 Å².